The molecule has 0 unspecified atom stereocenters. The van der Waals surface area contributed by atoms with Crippen molar-refractivity contribution in [3.8, 4) is 11.1 Å². The van der Waals surface area contributed by atoms with Gasteiger partial charge in [0.15, 0.2) is 0 Å². The van der Waals surface area contributed by atoms with Gasteiger partial charge in [-0.2, -0.15) is 0 Å². The number of carboxylic acids is 1. The molecule has 0 atom stereocenters. The van der Waals surface area contributed by atoms with Gasteiger partial charge in [0.05, 0.1) is 5.52 Å². The number of aryl methyl sites for hydroxylation is 1. The molecule has 4 nitrogen and oxygen atoms in total. The van der Waals surface area contributed by atoms with Crippen LogP contribution in [-0.4, -0.2) is 29.7 Å². The number of aromatic nitrogens is 1. The monoisotopic (exact) mass is 366 g/mol. The third kappa shape index (κ3) is 4.42. The van der Waals surface area contributed by atoms with Crippen molar-refractivity contribution in [1.82, 2.24) is 4.98 Å². The summed E-state index contributed by atoms with van der Waals surface area (Å²) in [6, 6.07) is 14.4. The first-order valence-corrected chi connectivity index (χ1v) is 9.10. The van der Waals surface area contributed by atoms with Crippen LogP contribution in [0, 0.1) is 5.82 Å². The van der Waals surface area contributed by atoms with Crippen LogP contribution in [0.15, 0.2) is 48.5 Å². The molecule has 1 N–H and O–H groups in total. The summed E-state index contributed by atoms with van der Waals surface area (Å²) in [6.45, 7) is 2.00. The number of hydrogen-bond donors (Lipinski definition) is 1. The average Bonchev–Trinajstić information content (AvgIpc) is 2.64. The number of carboxylic acid groups (broad SMARTS) is 1. The lowest BCUT2D eigenvalue weighted by Crippen LogP contribution is -2.26. The summed E-state index contributed by atoms with van der Waals surface area (Å²) < 4.78 is 13.8. The van der Waals surface area contributed by atoms with Gasteiger partial charge in [-0.05, 0) is 59.9 Å². The van der Waals surface area contributed by atoms with Gasteiger partial charge in [0.25, 0.3) is 0 Å². The Morgan fingerprint density at radius 1 is 1.19 bits per heavy atom. The van der Waals surface area contributed by atoms with E-state index in [0.717, 1.165) is 41.3 Å². The standard InChI is InChI=1S/C22H23FN2O2/c1-3-4-6-15-9-10-20-19(11-15)18(16-7-5-8-17(23)12-16)13-21(24-20)25(2)14-22(26)27/h5,7-13H,3-4,6,14H2,1-2H3,(H,26,27). The molecule has 0 radical (unpaired) electrons. The van der Waals surface area contributed by atoms with E-state index in [9.17, 15) is 9.18 Å². The molecule has 2 aromatic carbocycles. The van der Waals surface area contributed by atoms with Crippen LogP contribution in [0.1, 0.15) is 25.3 Å². The second kappa shape index (κ2) is 8.16. The Morgan fingerprint density at radius 3 is 2.70 bits per heavy atom. The lowest BCUT2D eigenvalue weighted by molar-refractivity contribution is -0.135. The summed E-state index contributed by atoms with van der Waals surface area (Å²) in [5.41, 5.74) is 3.59. The SMILES string of the molecule is CCCCc1ccc2nc(N(C)CC(=O)O)cc(-c3cccc(F)c3)c2c1. The van der Waals surface area contributed by atoms with Crippen LogP contribution in [0.25, 0.3) is 22.0 Å². The van der Waals surface area contributed by atoms with Gasteiger partial charge in [-0.25, -0.2) is 9.37 Å². The molecule has 0 aliphatic heterocycles. The molecule has 0 saturated heterocycles. The zero-order valence-corrected chi connectivity index (χ0v) is 15.6. The molecular formula is C22H23FN2O2. The maximum absolute atomic E-state index is 13.8. The number of likely N-dealkylation sites (N-methyl/N-ethyl adjacent to an activating group) is 1. The van der Waals surface area contributed by atoms with Crippen LogP contribution in [-0.2, 0) is 11.2 Å². The van der Waals surface area contributed by atoms with Crippen LogP contribution in [0.4, 0.5) is 10.2 Å². The number of hydrogen-bond acceptors (Lipinski definition) is 3. The normalized spacial score (nSPS) is 10.9. The zero-order chi connectivity index (χ0) is 19.4. The van der Waals surface area contributed by atoms with E-state index in [1.807, 2.05) is 18.2 Å². The second-order valence-electron chi connectivity index (χ2n) is 6.74. The molecule has 0 fully saturated rings. The Balaban J connectivity index is 2.17. The number of carbonyl (C=O) groups is 1. The number of unbranched alkanes of at least 4 members (excludes halogenated alkanes) is 1. The van der Waals surface area contributed by atoms with Crippen molar-refractivity contribution in [3.05, 3.63) is 59.9 Å². The van der Waals surface area contributed by atoms with E-state index in [2.05, 4.69) is 24.0 Å². The lowest BCUT2D eigenvalue weighted by Gasteiger charge is -2.18. The van der Waals surface area contributed by atoms with Gasteiger partial charge in [-0.1, -0.05) is 31.5 Å². The maximum atomic E-state index is 13.8. The van der Waals surface area contributed by atoms with Gasteiger partial charge in [0.2, 0.25) is 0 Å². The molecular weight excluding hydrogens is 343 g/mol. The molecule has 0 aliphatic rings. The summed E-state index contributed by atoms with van der Waals surface area (Å²) >= 11 is 0. The highest BCUT2D eigenvalue weighted by molar-refractivity contribution is 5.96. The summed E-state index contributed by atoms with van der Waals surface area (Å²) in [4.78, 5) is 17.3. The molecule has 0 amide bonds. The highest BCUT2D eigenvalue weighted by Crippen LogP contribution is 2.32. The number of rotatable bonds is 7. The molecule has 0 aliphatic carbocycles. The first-order chi connectivity index (χ1) is 13.0. The van der Waals surface area contributed by atoms with Crippen molar-refractivity contribution in [2.24, 2.45) is 0 Å². The minimum atomic E-state index is -0.929. The lowest BCUT2D eigenvalue weighted by atomic mass is 9.98. The number of pyridine rings is 1. The summed E-state index contributed by atoms with van der Waals surface area (Å²) in [7, 11) is 1.69. The average molecular weight is 366 g/mol. The van der Waals surface area contributed by atoms with Crippen molar-refractivity contribution >= 4 is 22.7 Å². The summed E-state index contributed by atoms with van der Waals surface area (Å²) in [5.74, 6) is -0.688. The van der Waals surface area contributed by atoms with Crippen molar-refractivity contribution in [3.63, 3.8) is 0 Å². The van der Waals surface area contributed by atoms with Crippen LogP contribution in [0.5, 0.6) is 0 Å². The summed E-state index contributed by atoms with van der Waals surface area (Å²) in [6.07, 6.45) is 3.20. The quantitative estimate of drug-likeness (QED) is 0.646. The minimum absolute atomic E-state index is 0.157. The van der Waals surface area contributed by atoms with Gasteiger partial charge in [-0.3, -0.25) is 4.79 Å². The first kappa shape index (κ1) is 18.8. The predicted octanol–water partition coefficient (Wildman–Crippen LogP) is 4.90. The van der Waals surface area contributed by atoms with Gasteiger partial charge in [0, 0.05) is 12.4 Å². The molecule has 1 heterocycles. The third-order valence-corrected chi connectivity index (χ3v) is 4.58. The second-order valence-corrected chi connectivity index (χ2v) is 6.74. The Labute approximate surface area is 158 Å². The molecule has 140 valence electrons. The smallest absolute Gasteiger partial charge is 0.323 e. The van der Waals surface area contributed by atoms with Gasteiger partial charge in [-0.15, -0.1) is 0 Å². The Hall–Kier alpha value is -2.95. The number of anilines is 1. The Bertz CT molecular complexity index is 972. The molecule has 3 aromatic rings. The van der Waals surface area contributed by atoms with Crippen molar-refractivity contribution in [2.75, 3.05) is 18.5 Å². The molecule has 0 saturated carbocycles. The maximum Gasteiger partial charge on any atom is 0.323 e. The van der Waals surface area contributed by atoms with E-state index in [0.29, 0.717) is 5.82 Å². The van der Waals surface area contributed by atoms with E-state index in [1.54, 1.807) is 18.0 Å². The molecule has 0 spiro atoms. The van der Waals surface area contributed by atoms with E-state index < -0.39 is 5.97 Å². The van der Waals surface area contributed by atoms with Gasteiger partial charge >= 0.3 is 5.97 Å². The highest BCUT2D eigenvalue weighted by atomic mass is 19.1. The van der Waals surface area contributed by atoms with E-state index in [4.69, 9.17) is 5.11 Å². The number of aliphatic carboxylic acids is 1. The molecule has 1 aromatic heterocycles. The predicted molar refractivity (Wildman–Crippen MR) is 107 cm³/mol. The fourth-order valence-corrected chi connectivity index (χ4v) is 3.17. The minimum Gasteiger partial charge on any atom is -0.480 e. The zero-order valence-electron chi connectivity index (χ0n) is 15.6. The molecule has 27 heavy (non-hydrogen) atoms. The first-order valence-electron chi connectivity index (χ1n) is 9.10. The van der Waals surface area contributed by atoms with Crippen LogP contribution in [0.2, 0.25) is 0 Å². The third-order valence-electron chi connectivity index (χ3n) is 4.58. The number of halogens is 1. The van der Waals surface area contributed by atoms with Crippen LogP contribution >= 0.6 is 0 Å². The number of fused-ring (bicyclic) bond motifs is 1. The van der Waals surface area contributed by atoms with E-state index in [1.165, 1.54) is 17.7 Å². The Kier molecular flexibility index (Phi) is 5.69. The van der Waals surface area contributed by atoms with Crippen molar-refractivity contribution in [2.45, 2.75) is 26.2 Å². The van der Waals surface area contributed by atoms with Crippen LogP contribution in [0.3, 0.4) is 0 Å². The van der Waals surface area contributed by atoms with E-state index >= 15 is 0 Å². The Morgan fingerprint density at radius 2 is 2.00 bits per heavy atom. The van der Waals surface area contributed by atoms with Gasteiger partial charge in [0.1, 0.15) is 18.2 Å². The largest absolute Gasteiger partial charge is 0.480 e. The molecule has 0 bridgehead atoms. The fourth-order valence-electron chi connectivity index (χ4n) is 3.17. The topological polar surface area (TPSA) is 53.4 Å². The van der Waals surface area contributed by atoms with Crippen LogP contribution < -0.4 is 4.90 Å². The van der Waals surface area contributed by atoms with Gasteiger partial charge < -0.3 is 10.0 Å². The van der Waals surface area contributed by atoms with Crippen molar-refractivity contribution < 1.29 is 14.3 Å². The molecule has 3 rings (SSSR count). The fraction of sp³-hybridized carbons (Fsp3) is 0.273. The number of nitrogens with zero attached hydrogens (tertiary/aromatic N) is 2. The summed E-state index contributed by atoms with van der Waals surface area (Å²) in [5, 5.41) is 10.0. The van der Waals surface area contributed by atoms with E-state index in [-0.39, 0.29) is 12.4 Å². The number of benzene rings is 2. The highest BCUT2D eigenvalue weighted by Gasteiger charge is 2.13. The molecule has 5 heteroatoms. The van der Waals surface area contributed by atoms with Crippen molar-refractivity contribution in [1.29, 1.82) is 0 Å².